The summed E-state index contributed by atoms with van der Waals surface area (Å²) in [5.74, 6) is -0.263. The van der Waals surface area contributed by atoms with Crippen LogP contribution in [0.2, 0.25) is 0 Å². The first kappa shape index (κ1) is 11.2. The van der Waals surface area contributed by atoms with E-state index >= 15 is 0 Å². The summed E-state index contributed by atoms with van der Waals surface area (Å²) in [7, 11) is 0. The maximum Gasteiger partial charge on any atom is 0.303 e. The molecule has 1 rings (SSSR count). The van der Waals surface area contributed by atoms with Crippen LogP contribution < -0.4 is 0 Å². The minimum Gasteiger partial charge on any atom is -0.451 e. The third-order valence-electron chi connectivity index (χ3n) is 2.83. The summed E-state index contributed by atoms with van der Waals surface area (Å²) in [4.78, 5) is 22.7. The van der Waals surface area contributed by atoms with Gasteiger partial charge in [0.1, 0.15) is 0 Å². The summed E-state index contributed by atoms with van der Waals surface area (Å²) in [6.45, 7) is 3.20. The van der Waals surface area contributed by atoms with Crippen LogP contribution in [0, 0.1) is 0 Å². The van der Waals surface area contributed by atoms with Crippen LogP contribution in [0.3, 0.4) is 0 Å². The summed E-state index contributed by atoms with van der Waals surface area (Å²) < 4.78 is 5.24. The molecule has 0 amide bonds. The van der Waals surface area contributed by atoms with Gasteiger partial charge in [-0.3, -0.25) is 9.59 Å². The highest BCUT2D eigenvalue weighted by Crippen LogP contribution is 2.33. The molecule has 0 aromatic rings. The Morgan fingerprint density at radius 2 is 1.79 bits per heavy atom. The molecule has 0 saturated heterocycles. The fourth-order valence-corrected chi connectivity index (χ4v) is 2.16. The van der Waals surface area contributed by atoms with Gasteiger partial charge in [0, 0.05) is 13.3 Å². The Morgan fingerprint density at radius 3 is 2.21 bits per heavy atom. The minimum absolute atomic E-state index is 0.0763. The number of rotatable bonds is 3. The predicted molar refractivity (Wildman–Crippen MR) is 52.9 cm³/mol. The van der Waals surface area contributed by atoms with Crippen molar-refractivity contribution in [3.8, 4) is 0 Å². The molecule has 0 radical (unpaired) electrons. The Bertz CT molecular complexity index is 227. The van der Waals surface area contributed by atoms with Crippen molar-refractivity contribution >= 4 is 11.8 Å². The summed E-state index contributed by atoms with van der Waals surface area (Å²) in [5.41, 5.74) is -0.779. The van der Waals surface area contributed by atoms with Gasteiger partial charge in [0.05, 0.1) is 0 Å². The van der Waals surface area contributed by atoms with Crippen LogP contribution in [0.5, 0.6) is 0 Å². The summed E-state index contributed by atoms with van der Waals surface area (Å²) in [5, 5.41) is 0. The highest BCUT2D eigenvalue weighted by Gasteiger charge is 2.41. The smallest absolute Gasteiger partial charge is 0.303 e. The van der Waals surface area contributed by atoms with Crippen LogP contribution in [0.1, 0.15) is 52.4 Å². The molecule has 3 nitrogen and oxygen atoms in total. The molecule has 1 aliphatic carbocycles. The molecule has 0 aliphatic heterocycles. The van der Waals surface area contributed by atoms with E-state index in [1.165, 1.54) is 6.92 Å². The van der Waals surface area contributed by atoms with Crippen LogP contribution in [0.4, 0.5) is 0 Å². The molecule has 3 heteroatoms. The first-order valence-corrected chi connectivity index (χ1v) is 5.33. The number of hydrogen-bond acceptors (Lipinski definition) is 3. The van der Waals surface area contributed by atoms with Gasteiger partial charge in [-0.2, -0.15) is 0 Å². The van der Waals surface area contributed by atoms with Crippen molar-refractivity contribution in [1.82, 2.24) is 0 Å². The molecule has 0 unspecified atom stereocenters. The van der Waals surface area contributed by atoms with Crippen molar-refractivity contribution in [2.24, 2.45) is 0 Å². The molecule has 0 aromatic carbocycles. The molecule has 80 valence electrons. The normalized spacial score (nSPS) is 20.1. The van der Waals surface area contributed by atoms with Gasteiger partial charge in [0.2, 0.25) is 0 Å². The van der Waals surface area contributed by atoms with E-state index < -0.39 is 5.60 Å². The second-order valence-electron chi connectivity index (χ2n) is 3.93. The maximum absolute atomic E-state index is 11.7. The number of hydrogen-bond donors (Lipinski definition) is 0. The largest absolute Gasteiger partial charge is 0.451 e. The van der Waals surface area contributed by atoms with Crippen LogP contribution in [0.25, 0.3) is 0 Å². The van der Waals surface area contributed by atoms with Crippen LogP contribution in [-0.4, -0.2) is 17.4 Å². The molecule has 1 fully saturated rings. The molecule has 0 aromatic heterocycles. The van der Waals surface area contributed by atoms with Gasteiger partial charge in [0.15, 0.2) is 11.4 Å². The molecule has 0 spiro atoms. The molecular weight excluding hydrogens is 180 g/mol. The molecular formula is C11H18O3. The van der Waals surface area contributed by atoms with Crippen molar-refractivity contribution < 1.29 is 14.3 Å². The van der Waals surface area contributed by atoms with Gasteiger partial charge in [-0.25, -0.2) is 0 Å². The molecule has 0 atom stereocenters. The fraction of sp³-hybridized carbons (Fsp3) is 0.818. The number of Topliss-reactive ketones (excluding diaryl/α,β-unsaturated/α-hetero) is 1. The lowest BCUT2D eigenvalue weighted by Gasteiger charge is -2.34. The molecule has 0 N–H and O–H groups in total. The summed E-state index contributed by atoms with van der Waals surface area (Å²) >= 11 is 0. The van der Waals surface area contributed by atoms with Crippen molar-refractivity contribution in [2.45, 2.75) is 58.0 Å². The Kier molecular flexibility index (Phi) is 3.67. The van der Waals surface area contributed by atoms with Gasteiger partial charge < -0.3 is 4.74 Å². The first-order chi connectivity index (χ1) is 6.60. The maximum atomic E-state index is 11.7. The van der Waals surface area contributed by atoms with E-state index in [0.717, 1.165) is 19.3 Å². The van der Waals surface area contributed by atoms with Crippen molar-refractivity contribution in [2.75, 3.05) is 0 Å². The van der Waals surface area contributed by atoms with E-state index in [1.807, 2.05) is 6.92 Å². The van der Waals surface area contributed by atoms with Gasteiger partial charge in [-0.05, 0) is 25.7 Å². The number of ether oxygens (including phenoxy) is 1. The van der Waals surface area contributed by atoms with Crippen LogP contribution in [0.15, 0.2) is 0 Å². The second kappa shape index (κ2) is 4.58. The van der Waals surface area contributed by atoms with E-state index in [1.54, 1.807) is 0 Å². The molecule has 0 bridgehead atoms. The first-order valence-electron chi connectivity index (χ1n) is 5.33. The Morgan fingerprint density at radius 1 is 1.21 bits per heavy atom. The van der Waals surface area contributed by atoms with E-state index in [-0.39, 0.29) is 11.8 Å². The average molecular weight is 198 g/mol. The molecule has 0 heterocycles. The summed E-state index contributed by atoms with van der Waals surface area (Å²) in [6, 6.07) is 0. The van der Waals surface area contributed by atoms with Gasteiger partial charge in [-0.15, -0.1) is 0 Å². The fourth-order valence-electron chi connectivity index (χ4n) is 2.16. The van der Waals surface area contributed by atoms with E-state index in [9.17, 15) is 9.59 Å². The predicted octanol–water partition coefficient (Wildman–Crippen LogP) is 2.23. The minimum atomic E-state index is -0.779. The lowest BCUT2D eigenvalue weighted by atomic mass is 9.80. The highest BCUT2D eigenvalue weighted by atomic mass is 16.6. The number of carbonyl (C=O) groups excluding carboxylic acids is 2. The highest BCUT2D eigenvalue weighted by molar-refractivity contribution is 5.89. The average Bonchev–Trinajstić information content (AvgIpc) is 2.17. The van der Waals surface area contributed by atoms with Crippen molar-refractivity contribution in [1.29, 1.82) is 0 Å². The Balaban J connectivity index is 2.76. The molecule has 14 heavy (non-hydrogen) atoms. The topological polar surface area (TPSA) is 43.4 Å². The van der Waals surface area contributed by atoms with Crippen molar-refractivity contribution in [3.63, 3.8) is 0 Å². The zero-order valence-corrected chi connectivity index (χ0v) is 8.97. The van der Waals surface area contributed by atoms with Gasteiger partial charge in [-0.1, -0.05) is 13.3 Å². The Labute approximate surface area is 84.8 Å². The van der Waals surface area contributed by atoms with Crippen LogP contribution in [-0.2, 0) is 14.3 Å². The van der Waals surface area contributed by atoms with Gasteiger partial charge >= 0.3 is 5.97 Å². The monoisotopic (exact) mass is 198 g/mol. The van der Waals surface area contributed by atoms with E-state index in [4.69, 9.17) is 4.74 Å². The quantitative estimate of drug-likeness (QED) is 0.653. The third-order valence-corrected chi connectivity index (χ3v) is 2.83. The van der Waals surface area contributed by atoms with Crippen molar-refractivity contribution in [3.05, 3.63) is 0 Å². The van der Waals surface area contributed by atoms with Crippen LogP contribution >= 0.6 is 0 Å². The number of ketones is 1. The summed E-state index contributed by atoms with van der Waals surface area (Å²) in [6.07, 6.45) is 4.98. The SMILES string of the molecule is CCC(=O)C1(OC(C)=O)CCCCC1. The number of carbonyl (C=O) groups is 2. The zero-order valence-electron chi connectivity index (χ0n) is 8.97. The van der Waals surface area contributed by atoms with Gasteiger partial charge in [0.25, 0.3) is 0 Å². The molecule has 1 saturated carbocycles. The number of esters is 1. The lowest BCUT2D eigenvalue weighted by Crippen LogP contribution is -2.44. The molecule has 1 aliphatic rings. The standard InChI is InChI=1S/C11H18O3/c1-3-10(13)11(14-9(2)12)7-5-4-6-8-11/h3-8H2,1-2H3. The lowest BCUT2D eigenvalue weighted by molar-refractivity contribution is -0.169. The zero-order chi connectivity index (χ0) is 10.6. The van der Waals surface area contributed by atoms with E-state index in [2.05, 4.69) is 0 Å². The Hall–Kier alpha value is -0.860. The van der Waals surface area contributed by atoms with E-state index in [0.29, 0.717) is 19.3 Å². The second-order valence-corrected chi connectivity index (χ2v) is 3.93. The third kappa shape index (κ3) is 2.34.